The van der Waals surface area contributed by atoms with E-state index in [0.29, 0.717) is 25.8 Å². The molecule has 0 aliphatic carbocycles. The zero-order valence-corrected chi connectivity index (χ0v) is 15.0. The van der Waals surface area contributed by atoms with Crippen molar-refractivity contribution in [1.82, 2.24) is 10.6 Å². The van der Waals surface area contributed by atoms with Gasteiger partial charge in [0.25, 0.3) is 0 Å². The summed E-state index contributed by atoms with van der Waals surface area (Å²) in [6, 6.07) is -2.00. The predicted octanol–water partition coefficient (Wildman–Crippen LogP) is -1.12. The second-order valence-electron chi connectivity index (χ2n) is 6.48. The number of hydrogen-bond acceptors (Lipinski definition) is 5. The molecule has 0 radical (unpaired) electrons. The minimum Gasteiger partial charge on any atom is -0.370 e. The van der Waals surface area contributed by atoms with Crippen LogP contribution in [-0.2, 0) is 19.2 Å². The molecule has 0 unspecified atom stereocenters. The summed E-state index contributed by atoms with van der Waals surface area (Å²) in [4.78, 5) is 46.7. The third kappa shape index (κ3) is 11.1. The standard InChI is InChI=1S/C16H31N5O4/c1-10(2)8-12(20-14(23)6-4-3-5-7-17)16(25)21-11(15(19)24)9-13(18)22/h10-12H,3-9,17H2,1-2H3,(H2,18,22)(H2,19,24)(H,20,23)(H,21,25)/t11-,12-/m0/s1. The molecule has 144 valence electrons. The van der Waals surface area contributed by atoms with Gasteiger partial charge in [0.05, 0.1) is 6.42 Å². The van der Waals surface area contributed by atoms with Gasteiger partial charge in [0.1, 0.15) is 12.1 Å². The molecule has 8 N–H and O–H groups in total. The van der Waals surface area contributed by atoms with Gasteiger partial charge >= 0.3 is 0 Å². The Morgan fingerprint density at radius 3 is 2.04 bits per heavy atom. The summed E-state index contributed by atoms with van der Waals surface area (Å²) in [5, 5.41) is 5.06. The molecule has 9 nitrogen and oxygen atoms in total. The fourth-order valence-electron chi connectivity index (χ4n) is 2.27. The third-order valence-corrected chi connectivity index (χ3v) is 3.53. The van der Waals surface area contributed by atoms with Gasteiger partial charge in [0.15, 0.2) is 0 Å². The first-order valence-corrected chi connectivity index (χ1v) is 8.54. The van der Waals surface area contributed by atoms with E-state index in [-0.39, 0.29) is 18.2 Å². The molecule has 0 saturated carbocycles. The minimum atomic E-state index is -1.19. The van der Waals surface area contributed by atoms with Gasteiger partial charge in [0.2, 0.25) is 23.6 Å². The molecule has 0 fully saturated rings. The zero-order valence-electron chi connectivity index (χ0n) is 15.0. The van der Waals surface area contributed by atoms with Gasteiger partial charge in [-0.2, -0.15) is 0 Å². The van der Waals surface area contributed by atoms with Crippen molar-refractivity contribution in [3.63, 3.8) is 0 Å². The van der Waals surface area contributed by atoms with E-state index in [9.17, 15) is 19.2 Å². The molecule has 0 aromatic heterocycles. The number of hydrogen-bond donors (Lipinski definition) is 5. The third-order valence-electron chi connectivity index (χ3n) is 3.53. The smallest absolute Gasteiger partial charge is 0.243 e. The number of carbonyl (C=O) groups excluding carboxylic acids is 4. The SMILES string of the molecule is CC(C)C[C@H](NC(=O)CCCCCN)C(=O)N[C@@H](CC(N)=O)C(N)=O. The van der Waals surface area contributed by atoms with Gasteiger partial charge in [-0.1, -0.05) is 20.3 Å². The Morgan fingerprint density at radius 1 is 0.920 bits per heavy atom. The van der Waals surface area contributed by atoms with Crippen LogP contribution in [0.3, 0.4) is 0 Å². The molecule has 0 bridgehead atoms. The van der Waals surface area contributed by atoms with Crippen molar-refractivity contribution in [3.05, 3.63) is 0 Å². The maximum Gasteiger partial charge on any atom is 0.243 e. The van der Waals surface area contributed by atoms with Crippen molar-refractivity contribution in [2.75, 3.05) is 6.54 Å². The first-order chi connectivity index (χ1) is 11.7. The lowest BCUT2D eigenvalue weighted by Gasteiger charge is -2.22. The van der Waals surface area contributed by atoms with E-state index >= 15 is 0 Å². The molecule has 0 heterocycles. The number of amides is 4. The van der Waals surface area contributed by atoms with Gasteiger partial charge in [0, 0.05) is 6.42 Å². The van der Waals surface area contributed by atoms with Crippen LogP contribution in [0.15, 0.2) is 0 Å². The van der Waals surface area contributed by atoms with Crippen molar-refractivity contribution in [2.45, 2.75) is 64.5 Å². The summed E-state index contributed by atoms with van der Waals surface area (Å²) in [7, 11) is 0. The highest BCUT2D eigenvalue weighted by atomic mass is 16.2. The monoisotopic (exact) mass is 357 g/mol. The van der Waals surface area contributed by atoms with Crippen LogP contribution in [0.25, 0.3) is 0 Å². The number of unbranched alkanes of at least 4 members (excludes halogenated alkanes) is 2. The first kappa shape index (κ1) is 22.8. The van der Waals surface area contributed by atoms with Gasteiger partial charge in [-0.3, -0.25) is 19.2 Å². The van der Waals surface area contributed by atoms with Crippen LogP contribution in [0.4, 0.5) is 0 Å². The summed E-state index contributed by atoms with van der Waals surface area (Å²) in [6.07, 6.45) is 2.67. The molecule has 0 aliphatic heterocycles. The summed E-state index contributed by atoms with van der Waals surface area (Å²) < 4.78 is 0. The van der Waals surface area contributed by atoms with Crippen molar-refractivity contribution in [3.8, 4) is 0 Å². The summed E-state index contributed by atoms with van der Waals surface area (Å²) >= 11 is 0. The number of rotatable bonds is 13. The molecule has 0 spiro atoms. The maximum absolute atomic E-state index is 12.4. The summed E-state index contributed by atoms with van der Waals surface area (Å²) in [5.41, 5.74) is 15.6. The van der Waals surface area contributed by atoms with Crippen LogP contribution in [0, 0.1) is 5.92 Å². The second kappa shape index (κ2) is 12.2. The number of nitrogens with one attached hydrogen (secondary N) is 2. The lowest BCUT2D eigenvalue weighted by atomic mass is 10.0. The van der Waals surface area contributed by atoms with Crippen LogP contribution in [0.1, 0.15) is 52.4 Å². The van der Waals surface area contributed by atoms with Gasteiger partial charge in [-0.15, -0.1) is 0 Å². The Kier molecular flexibility index (Phi) is 11.2. The minimum absolute atomic E-state index is 0.136. The zero-order chi connectivity index (χ0) is 19.4. The van der Waals surface area contributed by atoms with E-state index in [1.807, 2.05) is 13.8 Å². The lowest BCUT2D eigenvalue weighted by molar-refractivity contribution is -0.132. The van der Waals surface area contributed by atoms with E-state index in [0.717, 1.165) is 12.8 Å². The van der Waals surface area contributed by atoms with Gasteiger partial charge < -0.3 is 27.8 Å². The predicted molar refractivity (Wildman–Crippen MR) is 93.8 cm³/mol. The van der Waals surface area contributed by atoms with E-state index in [2.05, 4.69) is 10.6 Å². The quantitative estimate of drug-likeness (QED) is 0.262. The number of carbonyl (C=O) groups is 4. The molecule has 0 aliphatic rings. The van der Waals surface area contributed by atoms with E-state index in [1.165, 1.54) is 0 Å². The Balaban J connectivity index is 4.76. The first-order valence-electron chi connectivity index (χ1n) is 8.54. The Hall–Kier alpha value is -2.16. The molecule has 9 heteroatoms. The molecule has 0 aromatic carbocycles. The summed E-state index contributed by atoms with van der Waals surface area (Å²) in [5.74, 6) is -2.29. The van der Waals surface area contributed by atoms with Crippen LogP contribution in [0.2, 0.25) is 0 Å². The van der Waals surface area contributed by atoms with E-state index in [4.69, 9.17) is 17.2 Å². The second-order valence-corrected chi connectivity index (χ2v) is 6.48. The van der Waals surface area contributed by atoms with Crippen molar-refractivity contribution in [2.24, 2.45) is 23.1 Å². The average molecular weight is 357 g/mol. The van der Waals surface area contributed by atoms with Crippen molar-refractivity contribution >= 4 is 23.6 Å². The highest BCUT2D eigenvalue weighted by molar-refractivity contribution is 5.93. The molecule has 25 heavy (non-hydrogen) atoms. The lowest BCUT2D eigenvalue weighted by Crippen LogP contribution is -2.54. The number of nitrogens with two attached hydrogens (primary N) is 3. The average Bonchev–Trinajstić information content (AvgIpc) is 2.49. The van der Waals surface area contributed by atoms with Crippen LogP contribution in [-0.4, -0.2) is 42.3 Å². The Bertz CT molecular complexity index is 467. The summed E-state index contributed by atoms with van der Waals surface area (Å²) in [6.45, 7) is 4.39. The largest absolute Gasteiger partial charge is 0.370 e. The highest BCUT2D eigenvalue weighted by Gasteiger charge is 2.27. The topological polar surface area (TPSA) is 170 Å². The van der Waals surface area contributed by atoms with E-state index < -0.39 is 29.8 Å². The fraction of sp³-hybridized carbons (Fsp3) is 0.750. The number of primary amides is 2. The van der Waals surface area contributed by atoms with Crippen LogP contribution < -0.4 is 27.8 Å². The normalized spacial score (nSPS) is 13.1. The van der Waals surface area contributed by atoms with Gasteiger partial charge in [-0.05, 0) is 31.7 Å². The van der Waals surface area contributed by atoms with Gasteiger partial charge in [-0.25, -0.2) is 0 Å². The maximum atomic E-state index is 12.4. The molecule has 0 aromatic rings. The Labute approximate surface area is 148 Å². The molecular weight excluding hydrogens is 326 g/mol. The molecule has 0 rings (SSSR count). The van der Waals surface area contributed by atoms with Crippen LogP contribution >= 0.6 is 0 Å². The molecule has 2 atom stereocenters. The molecule has 4 amide bonds. The van der Waals surface area contributed by atoms with Crippen molar-refractivity contribution < 1.29 is 19.2 Å². The Morgan fingerprint density at radius 2 is 1.56 bits per heavy atom. The highest BCUT2D eigenvalue weighted by Crippen LogP contribution is 2.07. The molecule has 0 saturated heterocycles. The van der Waals surface area contributed by atoms with Crippen LogP contribution in [0.5, 0.6) is 0 Å². The van der Waals surface area contributed by atoms with E-state index in [1.54, 1.807) is 0 Å². The fourth-order valence-corrected chi connectivity index (χ4v) is 2.27. The van der Waals surface area contributed by atoms with Crippen molar-refractivity contribution in [1.29, 1.82) is 0 Å². The molecular formula is C16H31N5O4.